The van der Waals surface area contributed by atoms with Gasteiger partial charge in [0.15, 0.2) is 0 Å². The second-order valence-corrected chi connectivity index (χ2v) is 5.67. The molecule has 0 aromatic heterocycles. The number of hydrogen-bond donors (Lipinski definition) is 0. The van der Waals surface area contributed by atoms with Crippen molar-refractivity contribution in [2.45, 2.75) is 60.0 Å². The van der Waals surface area contributed by atoms with E-state index < -0.39 is 0 Å². The molecule has 22 heavy (non-hydrogen) atoms. The molecule has 0 aliphatic rings. The molecule has 0 bridgehead atoms. The first-order valence-electron chi connectivity index (χ1n) is 7.68. The molecule has 0 aromatic rings. The molecule has 0 fully saturated rings. The smallest absolute Gasteiger partial charge is 0.302 e. The summed E-state index contributed by atoms with van der Waals surface area (Å²) in [6, 6.07) is 0. The fourth-order valence-electron chi connectivity index (χ4n) is 2.28. The molecule has 0 heterocycles. The van der Waals surface area contributed by atoms with E-state index in [9.17, 15) is 14.4 Å². The van der Waals surface area contributed by atoms with Crippen LogP contribution in [-0.2, 0) is 28.6 Å². The average Bonchev–Trinajstić information content (AvgIpc) is 2.40. The van der Waals surface area contributed by atoms with Crippen molar-refractivity contribution in [2.24, 2.45) is 11.8 Å². The maximum atomic E-state index is 11.3. The number of hydrogen-bond acceptors (Lipinski definition) is 6. The van der Waals surface area contributed by atoms with E-state index in [4.69, 9.17) is 14.2 Å². The largest absolute Gasteiger partial charge is 0.466 e. The molecule has 3 unspecified atom stereocenters. The number of unbranched alkanes of at least 4 members (excludes halogenated alkanes) is 1. The van der Waals surface area contributed by atoms with Crippen LogP contribution in [0.3, 0.4) is 0 Å². The SMILES string of the molecule is CC(=O)OCCCCC(C)C(OC(C)=O)C(C)COC(C)=O. The summed E-state index contributed by atoms with van der Waals surface area (Å²) in [6.07, 6.45) is 2.18. The Labute approximate surface area is 132 Å². The molecule has 0 amide bonds. The van der Waals surface area contributed by atoms with Crippen molar-refractivity contribution in [3.05, 3.63) is 0 Å². The summed E-state index contributed by atoms with van der Waals surface area (Å²) in [7, 11) is 0. The lowest BCUT2D eigenvalue weighted by molar-refractivity contribution is -0.156. The predicted molar refractivity (Wildman–Crippen MR) is 81.0 cm³/mol. The molecule has 0 saturated heterocycles. The monoisotopic (exact) mass is 316 g/mol. The highest BCUT2D eigenvalue weighted by atomic mass is 16.6. The Kier molecular flexibility index (Phi) is 10.2. The first kappa shape index (κ1) is 20.4. The highest BCUT2D eigenvalue weighted by Gasteiger charge is 2.27. The second-order valence-electron chi connectivity index (χ2n) is 5.67. The molecule has 6 heteroatoms. The summed E-state index contributed by atoms with van der Waals surface area (Å²) in [5, 5.41) is 0. The lowest BCUT2D eigenvalue weighted by Gasteiger charge is -2.28. The van der Waals surface area contributed by atoms with Gasteiger partial charge in [-0.1, -0.05) is 13.8 Å². The minimum atomic E-state index is -0.345. The molecule has 0 rings (SSSR count). The fraction of sp³-hybridized carbons (Fsp3) is 0.812. The molecule has 6 nitrogen and oxygen atoms in total. The molecular weight excluding hydrogens is 288 g/mol. The van der Waals surface area contributed by atoms with Crippen molar-refractivity contribution in [3.63, 3.8) is 0 Å². The van der Waals surface area contributed by atoms with Gasteiger partial charge in [0.05, 0.1) is 13.2 Å². The molecular formula is C16H28O6. The highest BCUT2D eigenvalue weighted by Crippen LogP contribution is 2.22. The zero-order valence-electron chi connectivity index (χ0n) is 14.2. The zero-order valence-corrected chi connectivity index (χ0v) is 14.2. The zero-order chi connectivity index (χ0) is 17.1. The maximum absolute atomic E-state index is 11.3. The van der Waals surface area contributed by atoms with E-state index in [0.717, 1.165) is 19.3 Å². The molecule has 0 saturated carbocycles. The van der Waals surface area contributed by atoms with Crippen LogP contribution in [0, 0.1) is 11.8 Å². The van der Waals surface area contributed by atoms with Crippen LogP contribution in [0.1, 0.15) is 53.9 Å². The molecule has 0 N–H and O–H groups in total. The Hall–Kier alpha value is -1.59. The number of esters is 3. The Morgan fingerprint density at radius 2 is 1.41 bits per heavy atom. The van der Waals surface area contributed by atoms with Crippen molar-refractivity contribution in [1.82, 2.24) is 0 Å². The van der Waals surface area contributed by atoms with Crippen LogP contribution in [0.5, 0.6) is 0 Å². The Bertz CT molecular complexity index is 366. The van der Waals surface area contributed by atoms with Gasteiger partial charge in [-0.25, -0.2) is 0 Å². The van der Waals surface area contributed by atoms with Crippen LogP contribution in [-0.4, -0.2) is 37.2 Å². The second kappa shape index (κ2) is 11.0. The van der Waals surface area contributed by atoms with Crippen molar-refractivity contribution in [3.8, 4) is 0 Å². The van der Waals surface area contributed by atoms with Gasteiger partial charge in [0.2, 0.25) is 0 Å². The van der Waals surface area contributed by atoms with Gasteiger partial charge in [-0.2, -0.15) is 0 Å². The van der Waals surface area contributed by atoms with Crippen LogP contribution in [0.25, 0.3) is 0 Å². The van der Waals surface area contributed by atoms with Crippen LogP contribution in [0.4, 0.5) is 0 Å². The van der Waals surface area contributed by atoms with E-state index in [2.05, 4.69) is 0 Å². The van der Waals surface area contributed by atoms with Gasteiger partial charge >= 0.3 is 17.9 Å². The molecule has 0 radical (unpaired) electrons. The van der Waals surface area contributed by atoms with Crippen molar-refractivity contribution in [1.29, 1.82) is 0 Å². The quantitative estimate of drug-likeness (QED) is 0.350. The summed E-state index contributed by atoms with van der Waals surface area (Å²) < 4.78 is 15.3. The maximum Gasteiger partial charge on any atom is 0.302 e. The van der Waals surface area contributed by atoms with E-state index in [1.54, 1.807) is 0 Å². The van der Waals surface area contributed by atoms with Crippen molar-refractivity contribution in [2.75, 3.05) is 13.2 Å². The summed E-state index contributed by atoms with van der Waals surface area (Å²) in [6.45, 7) is 8.64. The van der Waals surface area contributed by atoms with E-state index in [0.29, 0.717) is 6.61 Å². The van der Waals surface area contributed by atoms with Crippen LogP contribution < -0.4 is 0 Å². The minimum absolute atomic E-state index is 0.0729. The molecule has 128 valence electrons. The van der Waals surface area contributed by atoms with Gasteiger partial charge < -0.3 is 14.2 Å². The van der Waals surface area contributed by atoms with Crippen molar-refractivity contribution < 1.29 is 28.6 Å². The third kappa shape index (κ3) is 10.2. The highest BCUT2D eigenvalue weighted by molar-refractivity contribution is 5.66. The van der Waals surface area contributed by atoms with Gasteiger partial charge in [0, 0.05) is 26.7 Å². The number of ether oxygens (including phenoxy) is 3. The first-order valence-corrected chi connectivity index (χ1v) is 7.68. The summed E-state index contributed by atoms with van der Waals surface area (Å²) in [5.74, 6) is -0.905. The fourth-order valence-corrected chi connectivity index (χ4v) is 2.28. The van der Waals surface area contributed by atoms with E-state index in [1.807, 2.05) is 13.8 Å². The van der Waals surface area contributed by atoms with Crippen molar-refractivity contribution >= 4 is 17.9 Å². The average molecular weight is 316 g/mol. The number of carbonyl (C=O) groups excluding carboxylic acids is 3. The van der Waals surface area contributed by atoms with E-state index in [1.165, 1.54) is 20.8 Å². The van der Waals surface area contributed by atoms with Crippen LogP contribution >= 0.6 is 0 Å². The van der Waals surface area contributed by atoms with Gasteiger partial charge in [-0.15, -0.1) is 0 Å². The summed E-state index contributed by atoms with van der Waals surface area (Å²) >= 11 is 0. The standard InChI is InChI=1S/C16H28O6/c1-11(8-6-7-9-20-13(3)17)16(22-15(5)19)12(2)10-21-14(4)18/h11-12,16H,6-10H2,1-5H3. The Morgan fingerprint density at radius 3 is 1.91 bits per heavy atom. The molecule has 0 aromatic carbocycles. The molecule has 0 aliphatic carbocycles. The number of rotatable bonds is 10. The van der Waals surface area contributed by atoms with E-state index in [-0.39, 0.29) is 42.5 Å². The van der Waals surface area contributed by atoms with Crippen LogP contribution in [0.15, 0.2) is 0 Å². The van der Waals surface area contributed by atoms with Gasteiger partial charge in [0.25, 0.3) is 0 Å². The number of carbonyl (C=O) groups is 3. The lowest BCUT2D eigenvalue weighted by atomic mass is 9.89. The molecule has 3 atom stereocenters. The molecule has 0 spiro atoms. The Morgan fingerprint density at radius 1 is 0.818 bits per heavy atom. The van der Waals surface area contributed by atoms with Gasteiger partial charge in [0.1, 0.15) is 6.10 Å². The van der Waals surface area contributed by atoms with Gasteiger partial charge in [-0.05, 0) is 25.2 Å². The summed E-state index contributed by atoms with van der Waals surface area (Å²) in [5.41, 5.74) is 0. The minimum Gasteiger partial charge on any atom is -0.466 e. The van der Waals surface area contributed by atoms with Gasteiger partial charge in [-0.3, -0.25) is 14.4 Å². The first-order chi connectivity index (χ1) is 10.2. The van der Waals surface area contributed by atoms with Crippen LogP contribution in [0.2, 0.25) is 0 Å². The third-order valence-electron chi connectivity index (χ3n) is 3.33. The Balaban J connectivity index is 4.31. The topological polar surface area (TPSA) is 78.9 Å². The third-order valence-corrected chi connectivity index (χ3v) is 3.33. The normalized spacial score (nSPS) is 14.6. The summed E-state index contributed by atoms with van der Waals surface area (Å²) in [4.78, 5) is 32.8. The molecule has 0 aliphatic heterocycles. The predicted octanol–water partition coefficient (Wildman–Crippen LogP) is 2.49. The lowest BCUT2D eigenvalue weighted by Crippen LogP contribution is -2.34. The van der Waals surface area contributed by atoms with E-state index >= 15 is 0 Å².